The second kappa shape index (κ2) is 7.80. The van der Waals surface area contributed by atoms with Crippen LogP contribution in [0.2, 0.25) is 0 Å². The summed E-state index contributed by atoms with van der Waals surface area (Å²) in [6, 6.07) is 5.77. The van der Waals surface area contributed by atoms with Gasteiger partial charge in [-0.25, -0.2) is 5.84 Å². The molecular formula is C16H25N3O. The van der Waals surface area contributed by atoms with Crippen molar-refractivity contribution in [2.75, 3.05) is 7.05 Å². The molecule has 0 radical (unpaired) electrons. The van der Waals surface area contributed by atoms with E-state index in [-0.39, 0.29) is 11.7 Å². The molecule has 0 aliphatic carbocycles. The molecular weight excluding hydrogens is 250 g/mol. The highest BCUT2D eigenvalue weighted by molar-refractivity contribution is 5.78. The van der Waals surface area contributed by atoms with Crippen molar-refractivity contribution < 1.29 is 4.79 Å². The Labute approximate surface area is 121 Å². The molecule has 0 aliphatic heterocycles. The number of carbonyl (C=O) groups excluding carboxylic acids is 1. The maximum atomic E-state index is 11.4. The molecule has 20 heavy (non-hydrogen) atoms. The zero-order valence-corrected chi connectivity index (χ0v) is 12.8. The first-order valence-corrected chi connectivity index (χ1v) is 7.04. The second-order valence-electron chi connectivity index (χ2n) is 5.37. The molecule has 0 saturated carbocycles. The van der Waals surface area contributed by atoms with Crippen LogP contribution in [0.25, 0.3) is 5.70 Å². The molecule has 1 rings (SSSR count). The summed E-state index contributed by atoms with van der Waals surface area (Å²) in [6.07, 6.45) is 5.69. The van der Waals surface area contributed by atoms with Gasteiger partial charge >= 0.3 is 0 Å². The van der Waals surface area contributed by atoms with E-state index in [0.29, 0.717) is 5.92 Å². The van der Waals surface area contributed by atoms with Crippen molar-refractivity contribution in [1.29, 1.82) is 0 Å². The van der Waals surface area contributed by atoms with Gasteiger partial charge in [-0.05, 0) is 37.8 Å². The normalized spacial score (nSPS) is 14.8. The Morgan fingerprint density at radius 3 is 2.65 bits per heavy atom. The van der Waals surface area contributed by atoms with Crippen molar-refractivity contribution in [3.63, 3.8) is 0 Å². The van der Waals surface area contributed by atoms with Crippen molar-refractivity contribution in [2.24, 2.45) is 17.7 Å². The Bertz CT molecular complexity index is 454. The minimum absolute atomic E-state index is 0.109. The van der Waals surface area contributed by atoms with E-state index in [0.717, 1.165) is 24.2 Å². The van der Waals surface area contributed by atoms with E-state index < -0.39 is 0 Å². The molecule has 2 N–H and O–H groups in total. The monoisotopic (exact) mass is 275 g/mol. The SMILES string of the molecule is CC(=O)[C@@H](C)[C@@H](C)CC/C=C(\c1ccccn1)N(C)N. The first kappa shape index (κ1) is 16.4. The zero-order chi connectivity index (χ0) is 15.1. The third kappa shape index (κ3) is 4.78. The summed E-state index contributed by atoms with van der Waals surface area (Å²) in [5.74, 6) is 6.60. The van der Waals surface area contributed by atoms with E-state index in [1.54, 1.807) is 18.1 Å². The average Bonchev–Trinajstić information content (AvgIpc) is 2.42. The first-order valence-electron chi connectivity index (χ1n) is 7.04. The largest absolute Gasteiger partial charge is 0.312 e. The fraction of sp³-hybridized carbons (Fsp3) is 0.500. The fourth-order valence-electron chi connectivity index (χ4n) is 2.08. The number of allylic oxidation sites excluding steroid dienone is 1. The van der Waals surface area contributed by atoms with Crippen LogP contribution >= 0.6 is 0 Å². The van der Waals surface area contributed by atoms with E-state index in [9.17, 15) is 4.79 Å². The lowest BCUT2D eigenvalue weighted by molar-refractivity contribution is -0.121. The molecule has 1 heterocycles. The predicted octanol–water partition coefficient (Wildman–Crippen LogP) is 2.87. The van der Waals surface area contributed by atoms with Crippen molar-refractivity contribution in [2.45, 2.75) is 33.6 Å². The minimum atomic E-state index is 0.109. The topological polar surface area (TPSA) is 59.2 Å². The summed E-state index contributed by atoms with van der Waals surface area (Å²) in [5.41, 5.74) is 1.78. The molecule has 110 valence electrons. The molecule has 4 heteroatoms. The number of nitrogens with zero attached hydrogens (tertiary/aromatic N) is 2. The summed E-state index contributed by atoms with van der Waals surface area (Å²) in [4.78, 5) is 15.7. The third-order valence-electron chi connectivity index (χ3n) is 3.76. The number of hydrogen-bond acceptors (Lipinski definition) is 4. The van der Waals surface area contributed by atoms with E-state index in [4.69, 9.17) is 5.84 Å². The van der Waals surface area contributed by atoms with Crippen molar-refractivity contribution in [1.82, 2.24) is 9.99 Å². The minimum Gasteiger partial charge on any atom is -0.312 e. The highest BCUT2D eigenvalue weighted by Gasteiger charge is 2.15. The number of Topliss-reactive ketones (excluding diaryl/α,β-unsaturated/α-hetero) is 1. The summed E-state index contributed by atoms with van der Waals surface area (Å²) in [7, 11) is 1.81. The van der Waals surface area contributed by atoms with Gasteiger partial charge in [-0.1, -0.05) is 26.0 Å². The average molecular weight is 275 g/mol. The maximum Gasteiger partial charge on any atom is 0.132 e. The van der Waals surface area contributed by atoms with Gasteiger partial charge in [0.1, 0.15) is 5.78 Å². The van der Waals surface area contributed by atoms with Gasteiger partial charge in [0.05, 0.1) is 11.4 Å². The summed E-state index contributed by atoms with van der Waals surface area (Å²) >= 11 is 0. The predicted molar refractivity (Wildman–Crippen MR) is 82.4 cm³/mol. The van der Waals surface area contributed by atoms with Gasteiger partial charge in [0.2, 0.25) is 0 Å². The lowest BCUT2D eigenvalue weighted by Gasteiger charge is -2.18. The van der Waals surface area contributed by atoms with Crippen molar-refractivity contribution in [3.05, 3.63) is 36.2 Å². The molecule has 4 nitrogen and oxygen atoms in total. The molecule has 0 aromatic carbocycles. The number of aromatic nitrogens is 1. The summed E-state index contributed by atoms with van der Waals surface area (Å²) < 4.78 is 0. The molecule has 0 aliphatic rings. The van der Waals surface area contributed by atoms with Crippen LogP contribution in [0.3, 0.4) is 0 Å². The van der Waals surface area contributed by atoms with Gasteiger partial charge in [0, 0.05) is 19.2 Å². The Hall–Kier alpha value is -1.68. The lowest BCUT2D eigenvalue weighted by atomic mass is 9.89. The Kier molecular flexibility index (Phi) is 6.39. The lowest BCUT2D eigenvalue weighted by Crippen LogP contribution is -2.24. The smallest absolute Gasteiger partial charge is 0.132 e. The number of carbonyl (C=O) groups is 1. The standard InChI is InChI=1S/C16H25N3O/c1-12(13(2)14(3)20)8-7-10-16(19(4)17)15-9-5-6-11-18-15/h5-6,9-13H,7-8,17H2,1-4H3/b16-10+/t12-,13-/m0/s1. The summed E-state index contributed by atoms with van der Waals surface area (Å²) in [6.45, 7) is 5.77. The Morgan fingerprint density at radius 2 is 2.15 bits per heavy atom. The van der Waals surface area contributed by atoms with Crippen molar-refractivity contribution >= 4 is 11.5 Å². The number of ketones is 1. The Balaban J connectivity index is 2.68. The highest BCUT2D eigenvalue weighted by atomic mass is 16.1. The van der Waals surface area contributed by atoms with Crippen LogP contribution < -0.4 is 5.84 Å². The Morgan fingerprint density at radius 1 is 1.45 bits per heavy atom. The maximum absolute atomic E-state index is 11.4. The van der Waals surface area contributed by atoms with E-state index >= 15 is 0 Å². The van der Waals surface area contributed by atoms with E-state index in [2.05, 4.69) is 18.0 Å². The number of hydrogen-bond donors (Lipinski definition) is 1. The molecule has 0 unspecified atom stereocenters. The fourth-order valence-corrected chi connectivity index (χ4v) is 2.08. The molecule has 0 spiro atoms. The number of pyridine rings is 1. The van der Waals surface area contributed by atoms with Gasteiger partial charge in [-0.3, -0.25) is 9.78 Å². The molecule has 1 aromatic rings. The molecule has 0 amide bonds. The molecule has 0 saturated heterocycles. The summed E-state index contributed by atoms with van der Waals surface area (Å²) in [5, 5.41) is 1.58. The van der Waals surface area contributed by atoms with Crippen LogP contribution in [0, 0.1) is 11.8 Å². The van der Waals surface area contributed by atoms with E-state index in [1.165, 1.54) is 0 Å². The third-order valence-corrected chi connectivity index (χ3v) is 3.76. The van der Waals surface area contributed by atoms with Gasteiger partial charge < -0.3 is 5.01 Å². The van der Waals surface area contributed by atoms with Crippen LogP contribution in [0.1, 0.15) is 39.3 Å². The van der Waals surface area contributed by atoms with Crippen LogP contribution in [0.4, 0.5) is 0 Å². The number of rotatable bonds is 7. The number of nitrogens with two attached hydrogens (primary N) is 1. The zero-order valence-electron chi connectivity index (χ0n) is 12.8. The molecule has 2 atom stereocenters. The van der Waals surface area contributed by atoms with Crippen LogP contribution in [0.15, 0.2) is 30.5 Å². The number of hydrazine groups is 1. The first-order chi connectivity index (χ1) is 9.43. The molecule has 0 fully saturated rings. The van der Waals surface area contributed by atoms with Gasteiger partial charge in [0.25, 0.3) is 0 Å². The van der Waals surface area contributed by atoms with Gasteiger partial charge in [-0.15, -0.1) is 0 Å². The quantitative estimate of drug-likeness (QED) is 0.614. The van der Waals surface area contributed by atoms with Crippen LogP contribution in [-0.4, -0.2) is 22.8 Å². The molecule has 1 aromatic heterocycles. The van der Waals surface area contributed by atoms with Gasteiger partial charge in [0.15, 0.2) is 0 Å². The highest BCUT2D eigenvalue weighted by Crippen LogP contribution is 2.20. The van der Waals surface area contributed by atoms with Gasteiger partial charge in [-0.2, -0.15) is 0 Å². The van der Waals surface area contributed by atoms with Crippen molar-refractivity contribution in [3.8, 4) is 0 Å². The van der Waals surface area contributed by atoms with E-state index in [1.807, 2.05) is 32.2 Å². The van der Waals surface area contributed by atoms with Crippen LogP contribution in [-0.2, 0) is 4.79 Å². The van der Waals surface area contributed by atoms with Crippen LogP contribution in [0.5, 0.6) is 0 Å². The second-order valence-corrected chi connectivity index (χ2v) is 5.37. The molecule has 0 bridgehead atoms.